The van der Waals surface area contributed by atoms with Crippen LogP contribution in [0.3, 0.4) is 0 Å². The number of nitrogens with one attached hydrogen (secondary N) is 1. The summed E-state index contributed by atoms with van der Waals surface area (Å²) in [5.74, 6) is -5.51. The molecular formula is C28H32Cl2F6N2O7. The lowest BCUT2D eigenvalue weighted by molar-refractivity contribution is -0.193. The van der Waals surface area contributed by atoms with E-state index in [1.807, 2.05) is 42.5 Å². The van der Waals surface area contributed by atoms with Crippen LogP contribution in [0.1, 0.15) is 36.8 Å². The van der Waals surface area contributed by atoms with Gasteiger partial charge in [0.2, 0.25) is 0 Å². The lowest BCUT2D eigenvalue weighted by Gasteiger charge is -2.32. The average Bonchev–Trinajstić information content (AvgIpc) is 2.95. The normalized spacial score (nSPS) is 14.0. The second-order valence-corrected chi connectivity index (χ2v) is 10.4. The number of alkyl halides is 6. The molecule has 0 atom stereocenters. The minimum Gasteiger partial charge on any atom is -0.493 e. The molecule has 1 saturated heterocycles. The number of aliphatic carboxylic acids is 3. The Labute approximate surface area is 264 Å². The maximum atomic E-state index is 10.8. The third-order valence-electron chi connectivity index (χ3n) is 6.06. The Morgan fingerprint density at radius 1 is 0.889 bits per heavy atom. The fourth-order valence-corrected chi connectivity index (χ4v) is 4.17. The molecule has 9 nitrogen and oxygen atoms in total. The summed E-state index contributed by atoms with van der Waals surface area (Å²) in [6.07, 6.45) is -6.40. The van der Waals surface area contributed by atoms with Gasteiger partial charge in [0, 0.05) is 19.0 Å². The number of carbonyl (C=O) groups is 3. The number of carboxylic acids is 3. The maximum Gasteiger partial charge on any atom is 0.490 e. The van der Waals surface area contributed by atoms with Crippen molar-refractivity contribution in [3.63, 3.8) is 0 Å². The van der Waals surface area contributed by atoms with E-state index in [0.29, 0.717) is 29.1 Å². The summed E-state index contributed by atoms with van der Waals surface area (Å²) in [5, 5.41) is 28.0. The van der Waals surface area contributed by atoms with Crippen molar-refractivity contribution in [2.75, 3.05) is 26.2 Å². The van der Waals surface area contributed by atoms with Crippen molar-refractivity contribution >= 4 is 41.1 Å². The van der Waals surface area contributed by atoms with E-state index in [0.717, 1.165) is 56.8 Å². The summed E-state index contributed by atoms with van der Waals surface area (Å²) >= 11 is 12.1. The topological polar surface area (TPSA) is 136 Å². The molecule has 45 heavy (non-hydrogen) atoms. The zero-order valence-electron chi connectivity index (χ0n) is 23.6. The highest BCUT2D eigenvalue weighted by molar-refractivity contribution is 6.42. The summed E-state index contributed by atoms with van der Waals surface area (Å²) in [5.41, 5.74) is 2.15. The van der Waals surface area contributed by atoms with E-state index >= 15 is 0 Å². The highest BCUT2D eigenvalue weighted by Crippen LogP contribution is 2.24. The molecular weight excluding hydrogens is 661 g/mol. The van der Waals surface area contributed by atoms with Gasteiger partial charge in [0.15, 0.2) is 0 Å². The molecule has 0 saturated carbocycles. The van der Waals surface area contributed by atoms with E-state index < -0.39 is 30.3 Å². The standard InChI is InChI=1S/C24H30Cl2N2O3.2C2HF3O2/c25-21-8-6-18(16-22(21)26)17-28-13-10-20(11-14-28)27-12-3-15-31-23-5-2-1-4-19(23)7-9-24(29)30;2*3-2(4,5)1(6)7/h1-2,4-6,8,16,20,27H,3,7,9-15,17H2,(H,29,30);2*(H,6,7). The van der Waals surface area contributed by atoms with Crippen molar-refractivity contribution in [3.8, 4) is 5.75 Å². The summed E-state index contributed by atoms with van der Waals surface area (Å²) in [4.78, 5) is 31.1. The first-order valence-electron chi connectivity index (χ1n) is 13.3. The van der Waals surface area contributed by atoms with Gasteiger partial charge in [0.1, 0.15) is 5.75 Å². The molecule has 0 aliphatic carbocycles. The molecule has 1 aliphatic rings. The van der Waals surface area contributed by atoms with Gasteiger partial charge >= 0.3 is 30.3 Å². The molecule has 3 rings (SSSR count). The van der Waals surface area contributed by atoms with Gasteiger partial charge in [0.05, 0.1) is 16.7 Å². The van der Waals surface area contributed by atoms with Crippen LogP contribution in [0.2, 0.25) is 10.0 Å². The van der Waals surface area contributed by atoms with E-state index in [2.05, 4.69) is 10.2 Å². The van der Waals surface area contributed by atoms with Gasteiger partial charge in [-0.15, -0.1) is 0 Å². The molecule has 0 radical (unpaired) electrons. The van der Waals surface area contributed by atoms with Gasteiger partial charge in [-0.3, -0.25) is 9.69 Å². The smallest absolute Gasteiger partial charge is 0.490 e. The van der Waals surface area contributed by atoms with Crippen LogP contribution in [0.4, 0.5) is 26.3 Å². The van der Waals surface area contributed by atoms with Crippen molar-refractivity contribution in [1.29, 1.82) is 0 Å². The van der Waals surface area contributed by atoms with Crippen LogP contribution in [0.25, 0.3) is 0 Å². The first-order valence-corrected chi connectivity index (χ1v) is 14.1. The number of halogens is 8. The number of likely N-dealkylation sites (tertiary alicyclic amines) is 1. The van der Waals surface area contributed by atoms with E-state index in [9.17, 15) is 31.1 Å². The molecule has 252 valence electrons. The summed E-state index contributed by atoms with van der Waals surface area (Å²) in [6.45, 7) is 4.55. The van der Waals surface area contributed by atoms with Gasteiger partial charge in [-0.1, -0.05) is 47.5 Å². The van der Waals surface area contributed by atoms with Crippen molar-refractivity contribution in [1.82, 2.24) is 10.2 Å². The second kappa shape index (κ2) is 19.3. The SMILES string of the molecule is O=C(O)C(F)(F)F.O=C(O)C(F)(F)F.O=C(O)CCc1ccccc1OCCCNC1CCN(Cc2ccc(Cl)c(Cl)c2)CC1. The minimum absolute atomic E-state index is 0.117. The Balaban J connectivity index is 0.000000601. The van der Waals surface area contributed by atoms with E-state index in [1.54, 1.807) is 0 Å². The number of benzene rings is 2. The number of nitrogens with zero attached hydrogens (tertiary/aromatic N) is 1. The molecule has 1 fully saturated rings. The quantitative estimate of drug-likeness (QED) is 0.158. The van der Waals surface area contributed by atoms with Crippen LogP contribution < -0.4 is 10.1 Å². The van der Waals surface area contributed by atoms with Crippen molar-refractivity contribution < 1.29 is 60.8 Å². The number of para-hydroxylation sites is 1. The molecule has 1 heterocycles. The van der Waals surface area contributed by atoms with Crippen LogP contribution in [0, 0.1) is 0 Å². The van der Waals surface area contributed by atoms with E-state index in [4.69, 9.17) is 52.8 Å². The molecule has 0 bridgehead atoms. The number of rotatable bonds is 11. The fourth-order valence-electron chi connectivity index (χ4n) is 3.84. The summed E-state index contributed by atoms with van der Waals surface area (Å²) in [6, 6.07) is 14.1. The van der Waals surface area contributed by atoms with Gasteiger partial charge in [-0.05, 0) is 74.6 Å². The summed E-state index contributed by atoms with van der Waals surface area (Å²) in [7, 11) is 0. The zero-order chi connectivity index (χ0) is 34.2. The highest BCUT2D eigenvalue weighted by atomic mass is 35.5. The Morgan fingerprint density at radius 3 is 1.96 bits per heavy atom. The second-order valence-electron chi connectivity index (χ2n) is 9.56. The lowest BCUT2D eigenvalue weighted by Crippen LogP contribution is -2.42. The van der Waals surface area contributed by atoms with Gasteiger partial charge in [-0.2, -0.15) is 26.3 Å². The summed E-state index contributed by atoms with van der Waals surface area (Å²) < 4.78 is 69.4. The predicted octanol–water partition coefficient (Wildman–Crippen LogP) is 6.30. The molecule has 0 aromatic heterocycles. The van der Waals surface area contributed by atoms with Gasteiger partial charge in [0.25, 0.3) is 0 Å². The van der Waals surface area contributed by atoms with Crippen molar-refractivity contribution in [3.05, 3.63) is 63.6 Å². The zero-order valence-corrected chi connectivity index (χ0v) is 25.1. The first kappa shape index (κ1) is 39.8. The largest absolute Gasteiger partial charge is 0.493 e. The Bertz CT molecular complexity index is 1220. The average molecular weight is 693 g/mol. The molecule has 1 aliphatic heterocycles. The van der Waals surface area contributed by atoms with Crippen molar-refractivity contribution in [2.24, 2.45) is 0 Å². The Morgan fingerprint density at radius 2 is 1.44 bits per heavy atom. The Hall–Kier alpha value is -3.27. The van der Waals surface area contributed by atoms with Crippen LogP contribution >= 0.6 is 23.2 Å². The molecule has 0 unspecified atom stereocenters. The van der Waals surface area contributed by atoms with Crippen LogP contribution in [-0.4, -0.2) is 82.8 Å². The number of aryl methyl sites for hydroxylation is 1. The van der Waals surface area contributed by atoms with Crippen molar-refractivity contribution in [2.45, 2.75) is 57.0 Å². The molecule has 0 spiro atoms. The molecule has 17 heteroatoms. The van der Waals surface area contributed by atoms with Gasteiger partial charge < -0.3 is 25.4 Å². The molecule has 2 aromatic rings. The first-order chi connectivity index (χ1) is 20.9. The molecule has 2 aromatic carbocycles. The minimum atomic E-state index is -5.08. The van der Waals surface area contributed by atoms with Gasteiger partial charge in [-0.25, -0.2) is 9.59 Å². The maximum absolute atomic E-state index is 10.8. The van der Waals surface area contributed by atoms with Crippen LogP contribution in [0.15, 0.2) is 42.5 Å². The molecule has 4 N–H and O–H groups in total. The highest BCUT2D eigenvalue weighted by Gasteiger charge is 2.38. The fraction of sp³-hybridized carbons (Fsp3) is 0.464. The molecule has 0 amide bonds. The van der Waals surface area contributed by atoms with Crippen LogP contribution in [0.5, 0.6) is 5.75 Å². The third kappa shape index (κ3) is 17.1. The number of carboxylic acid groups (broad SMARTS) is 3. The number of piperidine rings is 1. The lowest BCUT2D eigenvalue weighted by atomic mass is 10.0. The number of hydrogen-bond acceptors (Lipinski definition) is 6. The number of hydrogen-bond donors (Lipinski definition) is 4. The van der Waals surface area contributed by atoms with E-state index in [1.165, 1.54) is 5.56 Å². The third-order valence-corrected chi connectivity index (χ3v) is 6.79. The Kier molecular flexibility index (Phi) is 17.0. The van der Waals surface area contributed by atoms with E-state index in [-0.39, 0.29) is 6.42 Å². The number of ether oxygens (including phenoxy) is 1. The predicted molar refractivity (Wildman–Crippen MR) is 153 cm³/mol. The van der Waals surface area contributed by atoms with Crippen LogP contribution in [-0.2, 0) is 27.3 Å². The monoisotopic (exact) mass is 692 g/mol.